The summed E-state index contributed by atoms with van der Waals surface area (Å²) in [6.07, 6.45) is 7.82. The van der Waals surface area contributed by atoms with Crippen molar-refractivity contribution in [3.05, 3.63) is 283 Å². The minimum atomic E-state index is 0.901. The Bertz CT molecular complexity index is 3640. The Morgan fingerprint density at radius 3 is 1.69 bits per heavy atom. The summed E-state index contributed by atoms with van der Waals surface area (Å²) in [7, 11) is 0. The van der Waals surface area contributed by atoms with E-state index >= 15 is 0 Å². The number of allylic oxidation sites excluding steroid dienone is 3. The average Bonchev–Trinajstić information content (AvgIpc) is 3.43. The van der Waals surface area contributed by atoms with Crippen LogP contribution in [-0.4, -0.2) is 0 Å². The number of para-hydroxylation sites is 1. The molecule has 10 aromatic carbocycles. The molecule has 1 aliphatic rings. The van der Waals surface area contributed by atoms with Gasteiger partial charge in [0.05, 0.1) is 0 Å². The van der Waals surface area contributed by atoms with Crippen LogP contribution in [0.3, 0.4) is 0 Å². The first-order chi connectivity index (χ1) is 34.5. The maximum Gasteiger partial charge on any atom is 0.0467 e. The number of thioether (sulfide) groups is 2. The van der Waals surface area contributed by atoms with E-state index in [1.807, 2.05) is 11.8 Å². The summed E-state index contributed by atoms with van der Waals surface area (Å²) in [6.45, 7) is 8.75. The second-order valence-corrected chi connectivity index (χ2v) is 19.9. The van der Waals surface area contributed by atoms with E-state index in [2.05, 4.69) is 274 Å². The maximum atomic E-state index is 4.49. The quantitative estimate of drug-likeness (QED) is 0.112. The van der Waals surface area contributed by atoms with E-state index in [9.17, 15) is 0 Å². The van der Waals surface area contributed by atoms with Gasteiger partial charge in [0, 0.05) is 36.7 Å². The molecule has 0 aromatic heterocycles. The minimum absolute atomic E-state index is 0.901. The summed E-state index contributed by atoms with van der Waals surface area (Å²) in [5, 5.41) is 4.88. The molecule has 0 N–H and O–H groups in total. The Morgan fingerprint density at radius 1 is 0.443 bits per heavy atom. The third-order valence-electron chi connectivity index (χ3n) is 13.1. The number of fused-ring (bicyclic) bond motifs is 2. The molecule has 1 heterocycles. The smallest absolute Gasteiger partial charge is 0.0467 e. The van der Waals surface area contributed by atoms with Gasteiger partial charge in [-0.25, -0.2) is 0 Å². The summed E-state index contributed by atoms with van der Waals surface area (Å²) in [6, 6.07) is 84.1. The molecule has 0 saturated heterocycles. The fraction of sp³-hybridized carbons (Fsp3) is 0.0448. The number of rotatable bonds is 12. The highest BCUT2D eigenvalue weighted by Crippen LogP contribution is 2.49. The molecule has 0 spiro atoms. The predicted molar refractivity (Wildman–Crippen MR) is 309 cm³/mol. The molecular weight excluding hydrogens is 883 g/mol. The van der Waals surface area contributed by atoms with Gasteiger partial charge >= 0.3 is 0 Å². The second-order valence-electron chi connectivity index (χ2n) is 17.7. The molecule has 0 atom stereocenters. The fourth-order valence-corrected chi connectivity index (χ4v) is 11.7. The summed E-state index contributed by atoms with van der Waals surface area (Å²) in [4.78, 5) is 7.14. The van der Waals surface area contributed by atoms with Crippen LogP contribution in [0.2, 0.25) is 0 Å². The van der Waals surface area contributed by atoms with Gasteiger partial charge in [0.15, 0.2) is 0 Å². The van der Waals surface area contributed by atoms with Crippen molar-refractivity contribution in [3.8, 4) is 33.4 Å². The Morgan fingerprint density at radius 2 is 0.957 bits per heavy atom. The fourth-order valence-electron chi connectivity index (χ4n) is 9.71. The lowest BCUT2D eigenvalue weighted by atomic mass is 9.84. The van der Waals surface area contributed by atoms with Crippen LogP contribution in [0.1, 0.15) is 41.2 Å². The van der Waals surface area contributed by atoms with Gasteiger partial charge in [0.1, 0.15) is 0 Å². The number of benzene rings is 10. The maximum absolute atomic E-state index is 4.49. The highest BCUT2D eigenvalue weighted by molar-refractivity contribution is 8.16. The zero-order valence-electron chi connectivity index (χ0n) is 39.3. The first-order valence-electron chi connectivity index (χ1n) is 23.9. The number of aryl methyl sites for hydroxylation is 1. The van der Waals surface area contributed by atoms with Gasteiger partial charge in [-0.2, -0.15) is 0 Å². The molecule has 0 saturated carbocycles. The van der Waals surface area contributed by atoms with Gasteiger partial charge in [-0.05, 0) is 152 Å². The lowest BCUT2D eigenvalue weighted by Crippen LogP contribution is -2.09. The average molecular weight is 934 g/mol. The number of hydrogen-bond donors (Lipinski definition) is 0. The number of hydrogen-bond acceptors (Lipinski definition) is 3. The van der Waals surface area contributed by atoms with E-state index in [1.54, 1.807) is 11.8 Å². The lowest BCUT2D eigenvalue weighted by molar-refractivity contribution is 1.28. The van der Waals surface area contributed by atoms with Crippen LogP contribution >= 0.6 is 23.5 Å². The summed E-state index contributed by atoms with van der Waals surface area (Å²) < 4.78 is 0. The molecular formula is C67H51NS2. The first-order valence-corrected chi connectivity index (χ1v) is 25.6. The minimum Gasteiger partial charge on any atom is -0.310 e. The Kier molecular flexibility index (Phi) is 12.8. The van der Waals surface area contributed by atoms with Crippen LogP contribution < -0.4 is 4.90 Å². The van der Waals surface area contributed by atoms with Crippen LogP contribution in [0, 0.1) is 6.92 Å². The van der Waals surface area contributed by atoms with Crippen LogP contribution in [0.5, 0.6) is 0 Å². The van der Waals surface area contributed by atoms with E-state index in [0.29, 0.717) is 0 Å². The normalized spacial score (nSPS) is 12.7. The van der Waals surface area contributed by atoms with Gasteiger partial charge in [0.2, 0.25) is 0 Å². The molecule has 0 unspecified atom stereocenters. The number of nitrogens with zero attached hydrogens (tertiary/aromatic N) is 1. The van der Waals surface area contributed by atoms with Gasteiger partial charge in [-0.3, -0.25) is 0 Å². The van der Waals surface area contributed by atoms with Crippen LogP contribution in [0.25, 0.3) is 74.5 Å². The standard InChI is InChI=1S/C67H51NS2/c1-4-63(69-47(3)48-20-8-5-9-21-48)52-25-16-27-54(42-52)66-59-32-14-15-33-60(59)67(55-28-17-26-53(43-55)65-35-19-34-64(70-65)49-22-10-6-11-23-49)62-45-51(38-41-61(62)66)50-24-18-31-58(44-50)68(56-29-12-7-13-30-56)57-39-36-46(2)37-40-57/h4-18,20-45H,3,19H2,1-2H3/b63-4-. The lowest BCUT2D eigenvalue weighted by Gasteiger charge is -2.26. The molecule has 0 fully saturated rings. The van der Waals surface area contributed by atoms with Crippen LogP contribution in [0.4, 0.5) is 17.1 Å². The zero-order valence-corrected chi connectivity index (χ0v) is 41.0. The first kappa shape index (κ1) is 44.7. The molecule has 1 nitrogen and oxygen atoms in total. The molecule has 1 aliphatic heterocycles. The largest absolute Gasteiger partial charge is 0.310 e. The van der Waals surface area contributed by atoms with E-state index in [1.165, 1.54) is 80.8 Å². The van der Waals surface area contributed by atoms with Crippen molar-refractivity contribution in [1.82, 2.24) is 0 Å². The van der Waals surface area contributed by atoms with Crippen molar-refractivity contribution in [2.45, 2.75) is 20.3 Å². The molecule has 0 radical (unpaired) electrons. The molecule has 336 valence electrons. The monoisotopic (exact) mass is 933 g/mol. The third kappa shape index (κ3) is 9.10. The topological polar surface area (TPSA) is 3.24 Å². The summed E-state index contributed by atoms with van der Waals surface area (Å²) in [5.41, 5.74) is 16.5. The van der Waals surface area contributed by atoms with Crippen LogP contribution in [0.15, 0.2) is 255 Å². The van der Waals surface area contributed by atoms with E-state index in [-0.39, 0.29) is 0 Å². The molecule has 11 rings (SSSR count). The van der Waals surface area contributed by atoms with Gasteiger partial charge in [0.25, 0.3) is 0 Å². The third-order valence-corrected chi connectivity index (χ3v) is 15.5. The van der Waals surface area contributed by atoms with Crippen LogP contribution in [-0.2, 0) is 0 Å². The zero-order chi connectivity index (χ0) is 47.4. The Balaban J connectivity index is 1.08. The molecule has 70 heavy (non-hydrogen) atoms. The summed E-state index contributed by atoms with van der Waals surface area (Å²) >= 11 is 3.59. The molecule has 0 aliphatic carbocycles. The second kappa shape index (κ2) is 20.0. The Hall–Kier alpha value is -7.82. The molecule has 3 heteroatoms. The van der Waals surface area contributed by atoms with E-state index in [0.717, 1.165) is 45.1 Å². The van der Waals surface area contributed by atoms with Crippen molar-refractivity contribution in [3.63, 3.8) is 0 Å². The van der Waals surface area contributed by atoms with E-state index < -0.39 is 0 Å². The highest BCUT2D eigenvalue weighted by Gasteiger charge is 2.21. The molecule has 10 aromatic rings. The Labute approximate surface area is 420 Å². The predicted octanol–water partition coefficient (Wildman–Crippen LogP) is 20.1. The molecule has 0 amide bonds. The van der Waals surface area contributed by atoms with Crippen molar-refractivity contribution in [1.29, 1.82) is 0 Å². The van der Waals surface area contributed by atoms with Crippen molar-refractivity contribution >= 4 is 81.8 Å². The van der Waals surface area contributed by atoms with Crippen molar-refractivity contribution in [2.75, 3.05) is 4.90 Å². The van der Waals surface area contributed by atoms with Gasteiger partial charge in [-0.15, -0.1) is 0 Å². The molecule has 0 bridgehead atoms. The van der Waals surface area contributed by atoms with Gasteiger partial charge in [-0.1, -0.05) is 230 Å². The highest BCUT2D eigenvalue weighted by atomic mass is 32.2. The van der Waals surface area contributed by atoms with Crippen molar-refractivity contribution < 1.29 is 0 Å². The summed E-state index contributed by atoms with van der Waals surface area (Å²) in [5.74, 6) is 0. The van der Waals surface area contributed by atoms with E-state index in [4.69, 9.17) is 0 Å². The van der Waals surface area contributed by atoms with Gasteiger partial charge < -0.3 is 4.90 Å². The number of anilines is 3. The SMILES string of the molecule is C=C(S/C(=C\C)c1cccc(-c2c3ccccc3c(-c3cccc(C4=CCC=C(c5ccccc5)S4)c3)c3cc(-c4cccc(N(c5ccccc5)c5ccc(C)cc5)c4)ccc23)c1)c1ccccc1. The van der Waals surface area contributed by atoms with Crippen molar-refractivity contribution in [2.24, 2.45) is 0 Å².